The molecule has 0 aliphatic rings. The number of nitrogens with zero attached hydrogens (tertiary/aromatic N) is 4. The van der Waals surface area contributed by atoms with Crippen LogP contribution in [0, 0.1) is 11.6 Å². The van der Waals surface area contributed by atoms with Crippen molar-refractivity contribution in [1.82, 2.24) is 35.2 Å². The zero-order valence-corrected chi connectivity index (χ0v) is 17.6. The second-order valence-electron chi connectivity index (χ2n) is 6.98. The fraction of sp³-hybridized carbons (Fsp3) is 0.136. The average molecular weight is 450 g/mol. The van der Waals surface area contributed by atoms with Crippen molar-refractivity contribution in [3.05, 3.63) is 88.5 Å². The van der Waals surface area contributed by atoms with Crippen molar-refractivity contribution in [3.63, 3.8) is 0 Å². The Balaban J connectivity index is 0.000000219. The molecular weight excluding hydrogens is 430 g/mol. The summed E-state index contributed by atoms with van der Waals surface area (Å²) in [5.74, 6) is 0.138. The summed E-state index contributed by atoms with van der Waals surface area (Å²) in [4.78, 5) is 33.9. The molecule has 0 aliphatic carbocycles. The molecule has 9 nitrogen and oxygen atoms in total. The number of hydrogen-bond acceptors (Lipinski definition) is 7. The molecule has 5 rings (SSSR count). The molecule has 33 heavy (non-hydrogen) atoms. The molecule has 0 radical (unpaired) electrons. The van der Waals surface area contributed by atoms with Crippen LogP contribution in [0.5, 0.6) is 0 Å². The summed E-state index contributed by atoms with van der Waals surface area (Å²) in [6.45, 7) is 1.01. The number of H-pyrrole nitrogens is 2. The van der Waals surface area contributed by atoms with Gasteiger partial charge in [0.1, 0.15) is 34.7 Å². The predicted molar refractivity (Wildman–Crippen MR) is 120 cm³/mol. The smallest absolute Gasteiger partial charge is 0.261 e. The van der Waals surface area contributed by atoms with Crippen LogP contribution in [0.25, 0.3) is 22.1 Å². The number of fused-ring (bicyclic) bond motifs is 2. The number of rotatable bonds is 5. The van der Waals surface area contributed by atoms with Gasteiger partial charge in [0.15, 0.2) is 11.5 Å². The van der Waals surface area contributed by atoms with E-state index in [9.17, 15) is 13.6 Å². The highest BCUT2D eigenvalue weighted by atomic mass is 19.1. The van der Waals surface area contributed by atoms with Gasteiger partial charge in [-0.05, 0) is 36.9 Å². The summed E-state index contributed by atoms with van der Waals surface area (Å²) in [5, 5.41) is 5.98. The van der Waals surface area contributed by atoms with Crippen LogP contribution in [-0.2, 0) is 13.1 Å². The molecule has 3 heterocycles. The van der Waals surface area contributed by atoms with E-state index in [0.717, 1.165) is 12.1 Å². The molecule has 2 aromatic carbocycles. The Morgan fingerprint density at radius 3 is 2.61 bits per heavy atom. The van der Waals surface area contributed by atoms with Crippen molar-refractivity contribution in [2.75, 3.05) is 12.4 Å². The lowest BCUT2D eigenvalue weighted by Gasteiger charge is -2.06. The number of anilines is 1. The van der Waals surface area contributed by atoms with E-state index in [0.29, 0.717) is 28.3 Å². The van der Waals surface area contributed by atoms with Crippen molar-refractivity contribution < 1.29 is 8.78 Å². The van der Waals surface area contributed by atoms with Crippen LogP contribution in [0.15, 0.2) is 59.9 Å². The molecule has 0 bridgehead atoms. The first-order valence-electron chi connectivity index (χ1n) is 9.99. The molecule has 0 aliphatic heterocycles. The van der Waals surface area contributed by atoms with E-state index < -0.39 is 11.4 Å². The van der Waals surface area contributed by atoms with Gasteiger partial charge in [-0.1, -0.05) is 18.2 Å². The number of imidazole rings is 1. The monoisotopic (exact) mass is 450 g/mol. The van der Waals surface area contributed by atoms with Gasteiger partial charge in [0.25, 0.3) is 5.56 Å². The Morgan fingerprint density at radius 2 is 1.82 bits per heavy atom. The molecule has 0 saturated carbocycles. The Kier molecular flexibility index (Phi) is 6.60. The third-order valence-electron chi connectivity index (χ3n) is 4.67. The molecule has 11 heteroatoms. The molecule has 0 saturated heterocycles. The lowest BCUT2D eigenvalue weighted by atomic mass is 10.2. The summed E-state index contributed by atoms with van der Waals surface area (Å²) in [7, 11) is 1.86. The minimum absolute atomic E-state index is 0.0470. The van der Waals surface area contributed by atoms with Crippen molar-refractivity contribution in [2.45, 2.75) is 13.1 Å². The summed E-state index contributed by atoms with van der Waals surface area (Å²) in [5.41, 5.74) is 2.08. The molecule has 5 aromatic rings. The first-order valence-corrected chi connectivity index (χ1v) is 9.99. The van der Waals surface area contributed by atoms with E-state index in [4.69, 9.17) is 0 Å². The zero-order valence-electron chi connectivity index (χ0n) is 17.6. The van der Waals surface area contributed by atoms with Crippen LogP contribution in [0.1, 0.15) is 11.4 Å². The van der Waals surface area contributed by atoms with E-state index in [1.165, 1.54) is 36.9 Å². The van der Waals surface area contributed by atoms with E-state index in [1.54, 1.807) is 18.2 Å². The highest BCUT2D eigenvalue weighted by Gasteiger charge is 2.10. The second kappa shape index (κ2) is 9.92. The van der Waals surface area contributed by atoms with Crippen LogP contribution < -0.4 is 16.2 Å². The predicted octanol–water partition coefficient (Wildman–Crippen LogP) is 2.89. The van der Waals surface area contributed by atoms with Crippen LogP contribution >= 0.6 is 0 Å². The fourth-order valence-electron chi connectivity index (χ4n) is 3.15. The van der Waals surface area contributed by atoms with Gasteiger partial charge >= 0.3 is 0 Å². The van der Waals surface area contributed by atoms with Gasteiger partial charge in [-0.15, -0.1) is 0 Å². The number of nitrogens with one attached hydrogen (secondary N) is 4. The summed E-state index contributed by atoms with van der Waals surface area (Å²) >= 11 is 0. The first-order chi connectivity index (χ1) is 16.0. The summed E-state index contributed by atoms with van der Waals surface area (Å²) < 4.78 is 26.0. The lowest BCUT2D eigenvalue weighted by Crippen LogP contribution is -2.16. The molecule has 3 aromatic heterocycles. The molecule has 0 unspecified atom stereocenters. The van der Waals surface area contributed by atoms with Crippen LogP contribution in [0.2, 0.25) is 0 Å². The quantitative estimate of drug-likeness (QED) is 0.325. The Bertz CT molecular complexity index is 1430. The van der Waals surface area contributed by atoms with E-state index >= 15 is 0 Å². The topological polar surface area (TPSA) is 124 Å². The lowest BCUT2D eigenvalue weighted by molar-refractivity contribution is 0.626. The van der Waals surface area contributed by atoms with Gasteiger partial charge in [0.05, 0.1) is 18.4 Å². The van der Waals surface area contributed by atoms with Crippen LogP contribution in [-0.4, -0.2) is 37.0 Å². The van der Waals surface area contributed by atoms with Gasteiger partial charge in [-0.3, -0.25) is 4.79 Å². The molecular formula is C22H20F2N8O. The Morgan fingerprint density at radius 1 is 1.00 bits per heavy atom. The summed E-state index contributed by atoms with van der Waals surface area (Å²) in [6, 6.07) is 10.8. The number of aromatic amines is 2. The molecule has 0 spiro atoms. The molecule has 0 atom stereocenters. The van der Waals surface area contributed by atoms with Gasteiger partial charge in [-0.2, -0.15) is 0 Å². The highest BCUT2D eigenvalue weighted by Crippen LogP contribution is 2.15. The van der Waals surface area contributed by atoms with E-state index in [2.05, 4.69) is 40.5 Å². The standard InChI is InChI=1S/C14H10FN7O.C8H10FN/c15-7-2-1-3-8-10(7)14(23)22-9(21-8)4-16-12-11-13(18-5-17-11)20-6-19-12;1-10-6-7-2-4-8(9)5-3-7/h1-3,5-6H,4H2,(H,21,22,23)(H2,16,17,18,19,20);2-5,10H,6H2,1H3. The number of aromatic nitrogens is 6. The number of halogens is 2. The van der Waals surface area contributed by atoms with E-state index in [1.807, 2.05) is 7.05 Å². The first kappa shape index (κ1) is 22.0. The number of hydrogen-bond donors (Lipinski definition) is 4. The maximum absolute atomic E-state index is 13.7. The molecule has 0 fully saturated rings. The highest BCUT2D eigenvalue weighted by molar-refractivity contribution is 5.82. The van der Waals surface area contributed by atoms with Gasteiger partial charge in [0.2, 0.25) is 0 Å². The van der Waals surface area contributed by atoms with Crippen molar-refractivity contribution in [2.24, 2.45) is 0 Å². The summed E-state index contributed by atoms with van der Waals surface area (Å²) in [6.07, 6.45) is 2.90. The van der Waals surface area contributed by atoms with Gasteiger partial charge in [0, 0.05) is 6.54 Å². The maximum Gasteiger partial charge on any atom is 0.261 e. The molecule has 168 valence electrons. The zero-order chi connectivity index (χ0) is 23.2. The van der Waals surface area contributed by atoms with Crippen LogP contribution in [0.4, 0.5) is 14.6 Å². The van der Waals surface area contributed by atoms with Gasteiger partial charge in [-0.25, -0.2) is 28.7 Å². The molecule has 0 amide bonds. The average Bonchev–Trinajstić information content (AvgIpc) is 3.29. The Labute approximate surface area is 186 Å². The third-order valence-corrected chi connectivity index (χ3v) is 4.67. The third kappa shape index (κ3) is 5.15. The van der Waals surface area contributed by atoms with Crippen molar-refractivity contribution in [1.29, 1.82) is 0 Å². The molecule has 4 N–H and O–H groups in total. The van der Waals surface area contributed by atoms with E-state index in [-0.39, 0.29) is 17.7 Å². The number of benzene rings is 2. The van der Waals surface area contributed by atoms with Crippen LogP contribution in [0.3, 0.4) is 0 Å². The largest absolute Gasteiger partial charge is 0.361 e. The maximum atomic E-state index is 13.7. The second-order valence-corrected chi connectivity index (χ2v) is 6.98. The minimum Gasteiger partial charge on any atom is -0.361 e. The SMILES string of the molecule is CNCc1ccc(F)cc1.O=c1[nH]c(CNc2ncnc3nc[nH]c23)nc2cccc(F)c12. The van der Waals surface area contributed by atoms with Gasteiger partial charge < -0.3 is 20.6 Å². The normalized spacial score (nSPS) is 10.8. The van der Waals surface area contributed by atoms with Crippen molar-refractivity contribution in [3.8, 4) is 0 Å². The van der Waals surface area contributed by atoms with Crippen molar-refractivity contribution >= 4 is 27.9 Å². The fourth-order valence-corrected chi connectivity index (χ4v) is 3.15. The Hall–Kier alpha value is -4.25. The minimum atomic E-state index is -0.592.